The number of amides is 1. The molecule has 4 rings (SSSR count). The van der Waals surface area contributed by atoms with Gasteiger partial charge in [-0.3, -0.25) is 9.69 Å². The smallest absolute Gasteiger partial charge is 0.226 e. The lowest BCUT2D eigenvalue weighted by molar-refractivity contribution is -0.120. The molecule has 1 N–H and O–H groups in total. The largest absolute Gasteiger partial charge is 0.349 e. The van der Waals surface area contributed by atoms with E-state index >= 15 is 0 Å². The fourth-order valence-electron chi connectivity index (χ4n) is 4.58. The summed E-state index contributed by atoms with van der Waals surface area (Å²) < 4.78 is 11.4. The van der Waals surface area contributed by atoms with Crippen LogP contribution in [0.1, 0.15) is 60.9 Å². The molecule has 7 heteroatoms. The van der Waals surface area contributed by atoms with Crippen LogP contribution in [0.15, 0.2) is 0 Å². The fourth-order valence-corrected chi connectivity index (χ4v) is 5.84. The Morgan fingerprint density at radius 3 is 2.82 bits per heavy atom. The van der Waals surface area contributed by atoms with Crippen LogP contribution in [0.3, 0.4) is 0 Å². The van der Waals surface area contributed by atoms with E-state index in [-0.39, 0.29) is 18.2 Å². The van der Waals surface area contributed by atoms with E-state index in [1.54, 1.807) is 11.3 Å². The van der Waals surface area contributed by atoms with Crippen LogP contribution >= 0.6 is 11.3 Å². The number of nitriles is 1. The van der Waals surface area contributed by atoms with E-state index in [0.29, 0.717) is 31.7 Å². The van der Waals surface area contributed by atoms with Crippen LogP contribution < -0.4 is 5.32 Å². The van der Waals surface area contributed by atoms with Crippen LogP contribution in [0.2, 0.25) is 0 Å². The average Bonchev–Trinajstić information content (AvgIpc) is 3.29. The molecule has 3 heterocycles. The van der Waals surface area contributed by atoms with E-state index in [2.05, 4.69) is 16.3 Å². The Hall–Kier alpha value is -1.46. The zero-order chi connectivity index (χ0) is 19.3. The summed E-state index contributed by atoms with van der Waals surface area (Å²) in [6, 6.07) is 2.59. The number of anilines is 1. The van der Waals surface area contributed by atoms with Gasteiger partial charge in [-0.2, -0.15) is 5.26 Å². The van der Waals surface area contributed by atoms with Crippen molar-refractivity contribution in [3.63, 3.8) is 0 Å². The highest BCUT2D eigenvalue weighted by Crippen LogP contribution is 2.37. The molecule has 2 aliphatic heterocycles. The van der Waals surface area contributed by atoms with Crippen molar-refractivity contribution in [3.05, 3.63) is 16.0 Å². The molecule has 2 saturated heterocycles. The highest BCUT2D eigenvalue weighted by atomic mass is 32.1. The summed E-state index contributed by atoms with van der Waals surface area (Å²) in [5.74, 6) is -0.00880. The second-order valence-corrected chi connectivity index (χ2v) is 8.99. The van der Waals surface area contributed by atoms with Gasteiger partial charge in [0.1, 0.15) is 11.1 Å². The highest BCUT2D eigenvalue weighted by Gasteiger charge is 2.33. The van der Waals surface area contributed by atoms with Crippen LogP contribution in [0.4, 0.5) is 5.00 Å². The Morgan fingerprint density at radius 2 is 2.00 bits per heavy atom. The molecule has 1 aliphatic carbocycles. The minimum atomic E-state index is -0.151. The van der Waals surface area contributed by atoms with Gasteiger partial charge in [0, 0.05) is 17.8 Å². The Kier molecular flexibility index (Phi) is 6.63. The molecule has 152 valence electrons. The number of rotatable bonds is 5. The van der Waals surface area contributed by atoms with E-state index in [4.69, 9.17) is 9.47 Å². The number of likely N-dealkylation sites (tertiary alicyclic amines) is 1. The molecule has 1 atom stereocenters. The second kappa shape index (κ2) is 9.36. The Bertz CT molecular complexity index is 736. The first-order chi connectivity index (χ1) is 13.8. The lowest BCUT2D eigenvalue weighted by Gasteiger charge is -2.37. The van der Waals surface area contributed by atoms with Gasteiger partial charge in [0.05, 0.1) is 24.8 Å². The number of thiophene rings is 1. The minimum Gasteiger partial charge on any atom is -0.349 e. The average molecular weight is 404 g/mol. The number of aryl methyl sites for hydroxylation is 1. The monoisotopic (exact) mass is 403 g/mol. The quantitative estimate of drug-likeness (QED) is 0.762. The summed E-state index contributed by atoms with van der Waals surface area (Å²) in [6.45, 7) is 3.01. The number of hydrogen-bond acceptors (Lipinski definition) is 6. The molecule has 1 amide bonds. The summed E-state index contributed by atoms with van der Waals surface area (Å²) in [4.78, 5) is 16.3. The Labute approximate surface area is 170 Å². The van der Waals surface area contributed by atoms with Crippen molar-refractivity contribution in [1.29, 1.82) is 5.26 Å². The van der Waals surface area contributed by atoms with Crippen LogP contribution in [0.25, 0.3) is 0 Å². The van der Waals surface area contributed by atoms with E-state index in [1.807, 2.05) is 0 Å². The number of fused-ring (bicyclic) bond motifs is 1. The molecule has 0 aromatic carbocycles. The third kappa shape index (κ3) is 4.41. The number of carbonyl (C=O) groups is 1. The standard InChI is InChI=1S/C21H29N3O3S/c22-14-16-15-6-2-1-3-8-18(15)28-20(16)23-19(25)9-11-24-10-5-4-7-17(24)21-26-12-13-27-21/h17,21H,1-13H2,(H,23,25). The predicted octanol–water partition coefficient (Wildman–Crippen LogP) is 3.44. The van der Waals surface area contributed by atoms with Crippen molar-refractivity contribution in [2.45, 2.75) is 70.1 Å². The minimum absolute atomic E-state index is 0.00880. The van der Waals surface area contributed by atoms with E-state index < -0.39 is 0 Å². The maximum atomic E-state index is 12.6. The molecule has 2 fully saturated rings. The van der Waals surface area contributed by atoms with Gasteiger partial charge >= 0.3 is 0 Å². The number of ether oxygens (including phenoxy) is 2. The third-order valence-corrected chi connectivity index (χ3v) is 7.25. The summed E-state index contributed by atoms with van der Waals surface area (Å²) >= 11 is 1.60. The number of nitrogens with one attached hydrogen (secondary N) is 1. The van der Waals surface area contributed by atoms with Crippen molar-refractivity contribution in [3.8, 4) is 6.07 Å². The van der Waals surface area contributed by atoms with E-state index in [1.165, 1.54) is 29.7 Å². The van der Waals surface area contributed by atoms with Crippen molar-refractivity contribution in [1.82, 2.24) is 4.90 Å². The molecule has 0 spiro atoms. The molecule has 0 bridgehead atoms. The molecule has 1 aromatic rings. The molecule has 28 heavy (non-hydrogen) atoms. The zero-order valence-electron chi connectivity index (χ0n) is 16.4. The first kappa shape index (κ1) is 19.8. The Morgan fingerprint density at radius 1 is 1.18 bits per heavy atom. The van der Waals surface area contributed by atoms with Crippen LogP contribution in [-0.2, 0) is 27.1 Å². The number of nitrogens with zero attached hydrogens (tertiary/aromatic N) is 2. The number of carbonyl (C=O) groups excluding carboxylic acids is 1. The molecule has 1 aromatic heterocycles. The highest BCUT2D eigenvalue weighted by molar-refractivity contribution is 7.16. The molecule has 0 radical (unpaired) electrons. The molecular formula is C21H29N3O3S. The topological polar surface area (TPSA) is 74.6 Å². The van der Waals surface area contributed by atoms with E-state index in [9.17, 15) is 10.1 Å². The van der Waals surface area contributed by atoms with Crippen molar-refractivity contribution in [2.24, 2.45) is 0 Å². The lowest BCUT2D eigenvalue weighted by atomic mass is 10.0. The van der Waals surface area contributed by atoms with E-state index in [0.717, 1.165) is 43.6 Å². The van der Waals surface area contributed by atoms with Gasteiger partial charge in [0.25, 0.3) is 0 Å². The predicted molar refractivity (Wildman–Crippen MR) is 108 cm³/mol. The summed E-state index contributed by atoms with van der Waals surface area (Å²) in [7, 11) is 0. The first-order valence-electron chi connectivity index (χ1n) is 10.6. The van der Waals surface area contributed by atoms with Crippen LogP contribution in [-0.4, -0.2) is 49.4 Å². The molecule has 0 saturated carbocycles. The summed E-state index contributed by atoms with van der Waals surface area (Å²) in [5, 5.41) is 13.4. The number of piperidine rings is 1. The molecule has 6 nitrogen and oxygen atoms in total. The Balaban J connectivity index is 1.36. The van der Waals surface area contributed by atoms with Crippen molar-refractivity contribution in [2.75, 3.05) is 31.6 Å². The maximum absolute atomic E-state index is 12.6. The van der Waals surface area contributed by atoms with Gasteiger partial charge in [-0.15, -0.1) is 11.3 Å². The van der Waals surface area contributed by atoms with Gasteiger partial charge in [-0.05, 0) is 50.6 Å². The summed E-state index contributed by atoms with van der Waals surface area (Å²) in [6.07, 6.45) is 9.19. The molecule has 3 aliphatic rings. The van der Waals surface area contributed by atoms with Gasteiger partial charge < -0.3 is 14.8 Å². The SMILES string of the molecule is N#Cc1c(NC(=O)CCN2CCCCC2C2OCCO2)sc2c1CCCCC2. The van der Waals surface area contributed by atoms with Crippen LogP contribution in [0, 0.1) is 11.3 Å². The van der Waals surface area contributed by atoms with Crippen molar-refractivity contribution >= 4 is 22.2 Å². The normalized spacial score (nSPS) is 23.8. The van der Waals surface area contributed by atoms with Gasteiger partial charge in [0.2, 0.25) is 5.91 Å². The van der Waals surface area contributed by atoms with Gasteiger partial charge in [-0.25, -0.2) is 0 Å². The maximum Gasteiger partial charge on any atom is 0.226 e. The summed E-state index contributed by atoms with van der Waals surface area (Å²) in [5.41, 5.74) is 1.87. The second-order valence-electron chi connectivity index (χ2n) is 7.89. The zero-order valence-corrected chi connectivity index (χ0v) is 17.2. The first-order valence-corrected chi connectivity index (χ1v) is 11.4. The fraction of sp³-hybridized carbons (Fsp3) is 0.714. The number of hydrogen-bond donors (Lipinski definition) is 1. The van der Waals surface area contributed by atoms with Gasteiger partial charge in [0.15, 0.2) is 6.29 Å². The third-order valence-electron chi connectivity index (χ3n) is 6.04. The molecular weight excluding hydrogens is 374 g/mol. The van der Waals surface area contributed by atoms with Crippen molar-refractivity contribution < 1.29 is 14.3 Å². The van der Waals surface area contributed by atoms with Gasteiger partial charge in [-0.1, -0.05) is 12.8 Å². The molecule has 1 unspecified atom stereocenters. The lowest BCUT2D eigenvalue weighted by Crippen LogP contribution is -2.48. The van der Waals surface area contributed by atoms with Crippen LogP contribution in [0.5, 0.6) is 0 Å².